The van der Waals surface area contributed by atoms with Crippen LogP contribution >= 0.6 is 15.9 Å². The van der Waals surface area contributed by atoms with Gasteiger partial charge in [-0.2, -0.15) is 0 Å². The highest BCUT2D eigenvalue weighted by molar-refractivity contribution is 9.10. The fourth-order valence-electron chi connectivity index (χ4n) is 2.40. The third-order valence-electron chi connectivity index (χ3n) is 3.58. The first-order chi connectivity index (χ1) is 12.0. The standard InChI is InChI=1S/C19H14BrNO4/c20-13-8-9-17(22)15(10-13)19(24)25-11-18(23)21-16-7-3-5-12-4-1-2-6-14(12)16/h1-10,22H,11H2,(H,21,23). The number of hydrogen-bond acceptors (Lipinski definition) is 4. The van der Waals surface area contributed by atoms with E-state index in [4.69, 9.17) is 4.74 Å². The van der Waals surface area contributed by atoms with Crippen LogP contribution in [0, 0.1) is 0 Å². The molecule has 126 valence electrons. The first kappa shape index (κ1) is 17.0. The monoisotopic (exact) mass is 399 g/mol. The van der Waals surface area contributed by atoms with Crippen molar-refractivity contribution < 1.29 is 19.4 Å². The second kappa shape index (κ2) is 7.36. The molecule has 0 unspecified atom stereocenters. The van der Waals surface area contributed by atoms with E-state index < -0.39 is 18.5 Å². The highest BCUT2D eigenvalue weighted by atomic mass is 79.9. The van der Waals surface area contributed by atoms with E-state index in [-0.39, 0.29) is 11.3 Å². The predicted molar refractivity (Wildman–Crippen MR) is 98.7 cm³/mol. The number of nitrogens with one attached hydrogen (secondary N) is 1. The molecule has 0 atom stereocenters. The Morgan fingerprint density at radius 3 is 2.64 bits per heavy atom. The molecule has 0 spiro atoms. The number of ether oxygens (including phenoxy) is 1. The summed E-state index contributed by atoms with van der Waals surface area (Å²) >= 11 is 3.21. The Bertz CT molecular complexity index is 950. The smallest absolute Gasteiger partial charge is 0.342 e. The van der Waals surface area contributed by atoms with E-state index in [9.17, 15) is 14.7 Å². The number of aromatic hydroxyl groups is 1. The second-order valence-corrected chi connectivity index (χ2v) is 6.23. The van der Waals surface area contributed by atoms with E-state index in [1.54, 1.807) is 12.1 Å². The van der Waals surface area contributed by atoms with Gasteiger partial charge in [-0.3, -0.25) is 4.79 Å². The molecule has 0 bridgehead atoms. The molecule has 0 fully saturated rings. The SMILES string of the molecule is O=C(COC(=O)c1cc(Br)ccc1O)Nc1cccc2ccccc12. The minimum absolute atomic E-state index is 0.00710. The number of anilines is 1. The lowest BCUT2D eigenvalue weighted by molar-refractivity contribution is -0.119. The summed E-state index contributed by atoms with van der Waals surface area (Å²) in [7, 11) is 0. The number of carbonyl (C=O) groups excluding carboxylic acids is 2. The van der Waals surface area contributed by atoms with Gasteiger partial charge in [0.15, 0.2) is 6.61 Å². The average molecular weight is 400 g/mol. The van der Waals surface area contributed by atoms with Crippen LogP contribution in [0.15, 0.2) is 65.1 Å². The van der Waals surface area contributed by atoms with Crippen molar-refractivity contribution in [3.63, 3.8) is 0 Å². The van der Waals surface area contributed by atoms with Crippen LogP contribution in [0.4, 0.5) is 5.69 Å². The minimum Gasteiger partial charge on any atom is -0.507 e. The molecule has 0 aliphatic heterocycles. The highest BCUT2D eigenvalue weighted by Gasteiger charge is 2.15. The van der Waals surface area contributed by atoms with Crippen molar-refractivity contribution in [3.05, 3.63) is 70.7 Å². The zero-order valence-corrected chi connectivity index (χ0v) is 14.6. The topological polar surface area (TPSA) is 75.6 Å². The van der Waals surface area contributed by atoms with Gasteiger partial charge in [-0.15, -0.1) is 0 Å². The van der Waals surface area contributed by atoms with Crippen molar-refractivity contribution in [2.75, 3.05) is 11.9 Å². The Morgan fingerprint density at radius 1 is 1.04 bits per heavy atom. The Labute approximate surface area is 152 Å². The molecule has 1 amide bonds. The van der Waals surface area contributed by atoms with Gasteiger partial charge in [0, 0.05) is 15.5 Å². The number of carbonyl (C=O) groups is 2. The predicted octanol–water partition coefficient (Wildman–Crippen LogP) is 4.10. The number of halogens is 1. The molecule has 0 heterocycles. The molecule has 0 aromatic heterocycles. The van der Waals surface area contributed by atoms with Crippen LogP contribution in [0.1, 0.15) is 10.4 Å². The van der Waals surface area contributed by atoms with Gasteiger partial charge in [-0.25, -0.2) is 4.79 Å². The largest absolute Gasteiger partial charge is 0.507 e. The van der Waals surface area contributed by atoms with Gasteiger partial charge in [0.1, 0.15) is 11.3 Å². The first-order valence-corrected chi connectivity index (χ1v) is 8.27. The minimum atomic E-state index is -0.771. The Kier molecular flexibility index (Phi) is 5.00. The van der Waals surface area contributed by atoms with Crippen molar-refractivity contribution in [1.82, 2.24) is 0 Å². The van der Waals surface area contributed by atoms with Crippen LogP contribution in [0.25, 0.3) is 10.8 Å². The number of esters is 1. The number of fused-ring (bicyclic) bond motifs is 1. The quantitative estimate of drug-likeness (QED) is 0.647. The van der Waals surface area contributed by atoms with Crippen LogP contribution in [0.5, 0.6) is 5.75 Å². The molecule has 0 saturated heterocycles. The van der Waals surface area contributed by atoms with Crippen LogP contribution < -0.4 is 5.32 Å². The van der Waals surface area contributed by atoms with Gasteiger partial charge in [-0.05, 0) is 29.7 Å². The lowest BCUT2D eigenvalue weighted by Gasteiger charge is -2.10. The van der Waals surface area contributed by atoms with Crippen LogP contribution in [0.2, 0.25) is 0 Å². The maximum atomic E-state index is 12.1. The van der Waals surface area contributed by atoms with Crippen molar-refractivity contribution in [2.24, 2.45) is 0 Å². The molecule has 2 N–H and O–H groups in total. The summed E-state index contributed by atoms with van der Waals surface area (Å²) in [5.74, 6) is -1.44. The third-order valence-corrected chi connectivity index (χ3v) is 4.07. The fraction of sp³-hybridized carbons (Fsp3) is 0.0526. The maximum Gasteiger partial charge on any atom is 0.342 e. The Morgan fingerprint density at radius 2 is 1.80 bits per heavy atom. The number of phenolic OH excluding ortho intramolecular Hbond substituents is 1. The Hall–Kier alpha value is -2.86. The fourth-order valence-corrected chi connectivity index (χ4v) is 2.76. The number of rotatable bonds is 4. The lowest BCUT2D eigenvalue weighted by Crippen LogP contribution is -2.21. The summed E-state index contributed by atoms with van der Waals surface area (Å²) in [5.41, 5.74) is 0.636. The molecule has 6 heteroatoms. The molecule has 0 aliphatic carbocycles. The van der Waals surface area contributed by atoms with Gasteiger partial charge in [-0.1, -0.05) is 52.3 Å². The van der Waals surface area contributed by atoms with Gasteiger partial charge >= 0.3 is 5.97 Å². The summed E-state index contributed by atoms with van der Waals surface area (Å²) in [6.07, 6.45) is 0. The zero-order chi connectivity index (χ0) is 17.8. The normalized spacial score (nSPS) is 10.4. The van der Waals surface area contributed by atoms with E-state index in [1.165, 1.54) is 12.1 Å². The maximum absolute atomic E-state index is 12.1. The summed E-state index contributed by atoms with van der Waals surface area (Å²) in [6, 6.07) is 17.6. The van der Waals surface area contributed by atoms with Crippen molar-refractivity contribution in [3.8, 4) is 5.75 Å². The van der Waals surface area contributed by atoms with Gasteiger partial charge < -0.3 is 15.2 Å². The average Bonchev–Trinajstić information content (AvgIpc) is 2.62. The molecular formula is C19H14BrNO4. The van der Waals surface area contributed by atoms with Gasteiger partial charge in [0.25, 0.3) is 5.91 Å². The van der Waals surface area contributed by atoms with Crippen LogP contribution in [-0.2, 0) is 9.53 Å². The summed E-state index contributed by atoms with van der Waals surface area (Å²) < 4.78 is 5.60. The van der Waals surface area contributed by atoms with Gasteiger partial charge in [0.2, 0.25) is 0 Å². The molecule has 3 aromatic carbocycles. The third kappa shape index (κ3) is 3.97. The molecule has 0 radical (unpaired) electrons. The number of hydrogen-bond donors (Lipinski definition) is 2. The first-order valence-electron chi connectivity index (χ1n) is 7.48. The second-order valence-electron chi connectivity index (χ2n) is 5.31. The zero-order valence-electron chi connectivity index (χ0n) is 13.0. The van der Waals surface area contributed by atoms with Crippen LogP contribution in [-0.4, -0.2) is 23.6 Å². The van der Waals surface area contributed by atoms with Crippen LogP contribution in [0.3, 0.4) is 0 Å². The lowest BCUT2D eigenvalue weighted by atomic mass is 10.1. The van der Waals surface area contributed by atoms with E-state index in [2.05, 4.69) is 21.2 Å². The summed E-state index contributed by atoms with van der Waals surface area (Å²) in [5, 5.41) is 14.3. The van der Waals surface area contributed by atoms with Crippen molar-refractivity contribution >= 4 is 44.3 Å². The number of benzene rings is 3. The van der Waals surface area contributed by atoms with E-state index in [0.29, 0.717) is 10.2 Å². The number of amides is 1. The molecular weight excluding hydrogens is 386 g/mol. The number of phenols is 1. The Balaban J connectivity index is 1.66. The molecule has 3 rings (SSSR count). The van der Waals surface area contributed by atoms with Crippen molar-refractivity contribution in [2.45, 2.75) is 0 Å². The molecule has 0 aliphatic rings. The van der Waals surface area contributed by atoms with Gasteiger partial charge in [0.05, 0.1) is 0 Å². The summed E-state index contributed by atoms with van der Waals surface area (Å²) in [6.45, 7) is -0.450. The summed E-state index contributed by atoms with van der Waals surface area (Å²) in [4.78, 5) is 24.1. The van der Waals surface area contributed by atoms with E-state index >= 15 is 0 Å². The molecule has 5 nitrogen and oxygen atoms in total. The van der Waals surface area contributed by atoms with E-state index in [1.807, 2.05) is 36.4 Å². The molecule has 3 aromatic rings. The molecule has 0 saturated carbocycles. The highest BCUT2D eigenvalue weighted by Crippen LogP contribution is 2.24. The van der Waals surface area contributed by atoms with Crippen molar-refractivity contribution in [1.29, 1.82) is 0 Å². The molecule has 25 heavy (non-hydrogen) atoms. The van der Waals surface area contributed by atoms with E-state index in [0.717, 1.165) is 10.8 Å².